The molecule has 1 rings (SSSR count). The normalized spacial score (nSPS) is 19.4. The molecule has 0 radical (unpaired) electrons. The first-order valence-corrected chi connectivity index (χ1v) is 6.01. The number of hydrogen-bond donors (Lipinski definition) is 1. The van der Waals surface area contributed by atoms with Crippen molar-refractivity contribution >= 4 is 11.9 Å². The monoisotopic (exact) mass is 242 g/mol. The molecule has 1 amide bonds. The molecule has 1 heterocycles. The zero-order chi connectivity index (χ0) is 13.1. The number of carbonyl (C=O) groups excluding carboxylic acids is 1. The van der Waals surface area contributed by atoms with Crippen LogP contribution in [0.2, 0.25) is 0 Å². The Bertz CT molecular complexity index is 294. The summed E-state index contributed by atoms with van der Waals surface area (Å²) >= 11 is 0. The van der Waals surface area contributed by atoms with E-state index >= 15 is 0 Å². The number of carboxylic acids is 1. The van der Waals surface area contributed by atoms with Crippen LogP contribution in [0.1, 0.15) is 26.2 Å². The highest BCUT2D eigenvalue weighted by molar-refractivity contribution is 5.78. The highest BCUT2D eigenvalue weighted by Crippen LogP contribution is 2.31. The number of aliphatic carboxylic acids is 1. The van der Waals surface area contributed by atoms with E-state index in [1.54, 1.807) is 11.8 Å². The van der Waals surface area contributed by atoms with Crippen LogP contribution in [-0.4, -0.2) is 60.5 Å². The van der Waals surface area contributed by atoms with Crippen LogP contribution >= 0.6 is 0 Å². The Morgan fingerprint density at radius 2 is 1.82 bits per heavy atom. The van der Waals surface area contributed by atoms with Crippen molar-refractivity contribution in [1.82, 2.24) is 9.80 Å². The van der Waals surface area contributed by atoms with Crippen molar-refractivity contribution in [3.8, 4) is 0 Å². The summed E-state index contributed by atoms with van der Waals surface area (Å²) in [5.74, 6) is -0.621. The number of nitrogens with zero attached hydrogens (tertiary/aromatic N) is 2. The van der Waals surface area contributed by atoms with Gasteiger partial charge in [0.2, 0.25) is 5.91 Å². The Balaban J connectivity index is 2.41. The largest absolute Gasteiger partial charge is 0.481 e. The number of hydrogen-bond acceptors (Lipinski definition) is 3. The van der Waals surface area contributed by atoms with E-state index in [1.807, 2.05) is 19.0 Å². The number of carbonyl (C=O) groups is 2. The highest BCUT2D eigenvalue weighted by Gasteiger charge is 2.37. The maximum atomic E-state index is 11.8. The second-order valence-electron chi connectivity index (χ2n) is 5.30. The number of rotatable bonds is 4. The van der Waals surface area contributed by atoms with Crippen molar-refractivity contribution in [3.63, 3.8) is 0 Å². The van der Waals surface area contributed by atoms with Crippen LogP contribution < -0.4 is 0 Å². The summed E-state index contributed by atoms with van der Waals surface area (Å²) in [4.78, 5) is 26.7. The minimum Gasteiger partial charge on any atom is -0.481 e. The highest BCUT2D eigenvalue weighted by atomic mass is 16.4. The summed E-state index contributed by atoms with van der Waals surface area (Å²) in [7, 11) is 3.87. The van der Waals surface area contributed by atoms with Gasteiger partial charge in [0.1, 0.15) is 0 Å². The molecule has 0 aliphatic carbocycles. The van der Waals surface area contributed by atoms with E-state index in [0.717, 1.165) is 6.54 Å². The molecule has 1 saturated heterocycles. The molecule has 0 aromatic rings. The lowest BCUT2D eigenvalue weighted by Crippen LogP contribution is -2.45. The van der Waals surface area contributed by atoms with Crippen LogP contribution in [0.25, 0.3) is 0 Å². The molecule has 0 atom stereocenters. The van der Waals surface area contributed by atoms with Gasteiger partial charge in [0, 0.05) is 26.1 Å². The Hall–Kier alpha value is -1.10. The lowest BCUT2D eigenvalue weighted by atomic mass is 9.80. The fourth-order valence-corrected chi connectivity index (χ4v) is 1.94. The first kappa shape index (κ1) is 14.0. The molecule has 17 heavy (non-hydrogen) atoms. The second kappa shape index (κ2) is 5.49. The summed E-state index contributed by atoms with van der Waals surface area (Å²) in [5.41, 5.74) is -0.654. The van der Waals surface area contributed by atoms with Gasteiger partial charge >= 0.3 is 5.97 Å². The average Bonchev–Trinajstić information content (AvgIpc) is 2.26. The first-order chi connectivity index (χ1) is 7.85. The second-order valence-corrected chi connectivity index (χ2v) is 5.30. The maximum absolute atomic E-state index is 11.8. The number of amides is 1. The van der Waals surface area contributed by atoms with Gasteiger partial charge in [0.15, 0.2) is 0 Å². The van der Waals surface area contributed by atoms with Crippen LogP contribution in [0.4, 0.5) is 0 Å². The van der Waals surface area contributed by atoms with E-state index < -0.39 is 11.4 Å². The lowest BCUT2D eigenvalue weighted by molar-refractivity contribution is -0.153. The standard InChI is InChI=1S/C12H22N2O3/c1-12(11(16)17)5-8-14(9-6-12)10(15)4-7-13(2)3/h4-9H2,1-3H3,(H,16,17). The maximum Gasteiger partial charge on any atom is 0.309 e. The van der Waals surface area contributed by atoms with Gasteiger partial charge in [-0.3, -0.25) is 9.59 Å². The molecule has 5 nitrogen and oxygen atoms in total. The molecular weight excluding hydrogens is 220 g/mol. The van der Waals surface area contributed by atoms with Crippen molar-refractivity contribution < 1.29 is 14.7 Å². The molecule has 0 saturated carbocycles. The van der Waals surface area contributed by atoms with Crippen LogP contribution in [0.15, 0.2) is 0 Å². The van der Waals surface area contributed by atoms with Crippen LogP contribution in [0.5, 0.6) is 0 Å². The molecule has 1 aliphatic rings. The summed E-state index contributed by atoms with van der Waals surface area (Å²) in [6.07, 6.45) is 1.61. The molecule has 0 bridgehead atoms. The molecule has 0 unspecified atom stereocenters. The number of likely N-dealkylation sites (tertiary alicyclic amines) is 1. The third kappa shape index (κ3) is 3.70. The SMILES string of the molecule is CN(C)CCC(=O)N1CCC(C)(C(=O)O)CC1. The third-order valence-electron chi connectivity index (χ3n) is 3.51. The number of carboxylic acid groups (broad SMARTS) is 1. The van der Waals surface area contributed by atoms with Crippen molar-refractivity contribution in [3.05, 3.63) is 0 Å². The van der Waals surface area contributed by atoms with E-state index in [9.17, 15) is 9.59 Å². The van der Waals surface area contributed by atoms with Crippen LogP contribution in [0.3, 0.4) is 0 Å². The Morgan fingerprint density at radius 1 is 1.29 bits per heavy atom. The van der Waals surface area contributed by atoms with Crippen molar-refractivity contribution in [2.24, 2.45) is 5.41 Å². The summed E-state index contributed by atoms with van der Waals surface area (Å²) in [6, 6.07) is 0. The summed E-state index contributed by atoms with van der Waals surface area (Å²) in [6.45, 7) is 3.63. The molecule has 1 fully saturated rings. The van der Waals surface area contributed by atoms with E-state index in [2.05, 4.69) is 0 Å². The van der Waals surface area contributed by atoms with Gasteiger partial charge in [-0.25, -0.2) is 0 Å². The predicted octanol–water partition coefficient (Wildman–Crippen LogP) is 0.651. The van der Waals surface area contributed by atoms with Crippen LogP contribution in [-0.2, 0) is 9.59 Å². The zero-order valence-electron chi connectivity index (χ0n) is 10.9. The first-order valence-electron chi connectivity index (χ1n) is 6.01. The molecule has 98 valence electrons. The Morgan fingerprint density at radius 3 is 2.24 bits per heavy atom. The van der Waals surface area contributed by atoms with Gasteiger partial charge in [0.25, 0.3) is 0 Å². The molecule has 0 spiro atoms. The van der Waals surface area contributed by atoms with Crippen LogP contribution in [0, 0.1) is 5.41 Å². The molecule has 0 aromatic carbocycles. The quantitative estimate of drug-likeness (QED) is 0.786. The molecule has 5 heteroatoms. The van der Waals surface area contributed by atoms with E-state index in [-0.39, 0.29) is 5.91 Å². The summed E-state index contributed by atoms with van der Waals surface area (Å²) in [5, 5.41) is 9.09. The predicted molar refractivity (Wildman–Crippen MR) is 64.7 cm³/mol. The average molecular weight is 242 g/mol. The van der Waals surface area contributed by atoms with Crippen molar-refractivity contribution in [1.29, 1.82) is 0 Å². The minimum atomic E-state index is -0.752. The topological polar surface area (TPSA) is 60.9 Å². The van der Waals surface area contributed by atoms with E-state index in [0.29, 0.717) is 32.4 Å². The molecule has 1 N–H and O–H groups in total. The van der Waals surface area contributed by atoms with Gasteiger partial charge in [-0.1, -0.05) is 0 Å². The Kier molecular flexibility index (Phi) is 4.51. The minimum absolute atomic E-state index is 0.131. The van der Waals surface area contributed by atoms with Crippen molar-refractivity contribution in [2.45, 2.75) is 26.2 Å². The van der Waals surface area contributed by atoms with Crippen molar-refractivity contribution in [2.75, 3.05) is 33.7 Å². The summed E-state index contributed by atoms with van der Waals surface area (Å²) < 4.78 is 0. The smallest absolute Gasteiger partial charge is 0.309 e. The molecule has 1 aliphatic heterocycles. The fourth-order valence-electron chi connectivity index (χ4n) is 1.94. The van der Waals surface area contributed by atoms with E-state index in [1.165, 1.54) is 0 Å². The third-order valence-corrected chi connectivity index (χ3v) is 3.51. The van der Waals surface area contributed by atoms with Gasteiger partial charge in [-0.15, -0.1) is 0 Å². The molecule has 0 aromatic heterocycles. The number of piperidine rings is 1. The zero-order valence-corrected chi connectivity index (χ0v) is 10.9. The van der Waals surface area contributed by atoms with Gasteiger partial charge in [-0.05, 0) is 33.9 Å². The van der Waals surface area contributed by atoms with E-state index in [4.69, 9.17) is 5.11 Å². The van der Waals surface area contributed by atoms with Gasteiger partial charge < -0.3 is 14.9 Å². The Labute approximate surface area is 102 Å². The van der Waals surface area contributed by atoms with Gasteiger partial charge in [0.05, 0.1) is 5.41 Å². The fraction of sp³-hybridized carbons (Fsp3) is 0.833. The molecular formula is C12H22N2O3. The lowest BCUT2D eigenvalue weighted by Gasteiger charge is -2.36. The van der Waals surface area contributed by atoms with Gasteiger partial charge in [-0.2, -0.15) is 0 Å².